The molecule has 1 aliphatic heterocycles. The molecule has 0 aromatic heterocycles. The number of hydrogen-bond acceptors (Lipinski definition) is 3. The normalized spacial score (nSPS) is 16.7. The lowest BCUT2D eigenvalue weighted by Gasteiger charge is -2.07. The van der Waals surface area contributed by atoms with E-state index in [2.05, 4.69) is 34.6 Å². The van der Waals surface area contributed by atoms with Crippen LogP contribution in [0.2, 0.25) is 0 Å². The van der Waals surface area contributed by atoms with Gasteiger partial charge in [0.25, 0.3) is 0 Å². The van der Waals surface area contributed by atoms with Gasteiger partial charge in [0.2, 0.25) is 0 Å². The molecule has 0 unspecified atom stereocenters. The summed E-state index contributed by atoms with van der Waals surface area (Å²) in [6, 6.07) is 10.4. The maximum atomic E-state index is 4.51. The average Bonchev–Trinajstić information content (AvgIpc) is 2.56. The van der Waals surface area contributed by atoms with Crippen LogP contribution in [0.3, 0.4) is 0 Å². The van der Waals surface area contributed by atoms with Crippen molar-refractivity contribution in [1.29, 1.82) is 0 Å². The van der Waals surface area contributed by atoms with Gasteiger partial charge >= 0.3 is 0 Å². The molecule has 0 spiro atoms. The van der Waals surface area contributed by atoms with Crippen LogP contribution >= 0.6 is 11.8 Å². The van der Waals surface area contributed by atoms with E-state index in [0.29, 0.717) is 0 Å². The highest BCUT2D eigenvalue weighted by Crippen LogP contribution is 2.11. The summed E-state index contributed by atoms with van der Waals surface area (Å²) in [5.74, 6) is 1.20. The third kappa shape index (κ3) is 3.59. The van der Waals surface area contributed by atoms with Crippen LogP contribution in [-0.4, -0.2) is 17.5 Å². The van der Waals surface area contributed by atoms with Crippen molar-refractivity contribution in [3.05, 3.63) is 35.9 Å². The smallest absolute Gasteiger partial charge is 0.156 e. The minimum absolute atomic E-state index is 0.882. The van der Waals surface area contributed by atoms with Crippen LogP contribution < -0.4 is 5.32 Å². The first-order valence-corrected chi connectivity index (χ1v) is 6.39. The van der Waals surface area contributed by atoms with E-state index in [4.69, 9.17) is 0 Å². The van der Waals surface area contributed by atoms with Crippen molar-refractivity contribution in [2.75, 3.05) is 12.3 Å². The molecule has 80 valence electrons. The predicted molar refractivity (Wildman–Crippen MR) is 67.3 cm³/mol. The lowest BCUT2D eigenvalue weighted by molar-refractivity contribution is 0.817. The van der Waals surface area contributed by atoms with Crippen LogP contribution in [0.25, 0.3) is 0 Å². The minimum atomic E-state index is 0.882. The molecule has 0 aliphatic carbocycles. The fraction of sp³-hybridized carbons (Fsp3) is 0.417. The molecule has 0 atom stereocenters. The van der Waals surface area contributed by atoms with Crippen LogP contribution in [-0.2, 0) is 6.54 Å². The zero-order valence-electron chi connectivity index (χ0n) is 8.78. The highest BCUT2D eigenvalue weighted by Gasteiger charge is 2.03. The van der Waals surface area contributed by atoms with Crippen molar-refractivity contribution < 1.29 is 0 Å². The van der Waals surface area contributed by atoms with E-state index in [1.165, 1.54) is 24.2 Å². The Balaban J connectivity index is 1.84. The fourth-order valence-corrected chi connectivity index (χ4v) is 2.39. The number of benzene rings is 1. The Morgan fingerprint density at radius 1 is 1.20 bits per heavy atom. The molecule has 1 heterocycles. The second kappa shape index (κ2) is 5.81. The standard InChI is InChI=1S/C12H16N2S/c1-2-6-11(7-3-1)10-14-12-13-8-4-5-9-15-12/h1-3,6-7H,4-5,8-10H2,(H,13,14). The molecule has 0 saturated carbocycles. The third-order valence-corrected chi connectivity index (χ3v) is 3.37. The van der Waals surface area contributed by atoms with Crippen LogP contribution in [0, 0.1) is 0 Å². The van der Waals surface area contributed by atoms with E-state index in [-0.39, 0.29) is 0 Å². The quantitative estimate of drug-likeness (QED) is 0.828. The van der Waals surface area contributed by atoms with Crippen molar-refractivity contribution in [3.63, 3.8) is 0 Å². The SMILES string of the molecule is c1ccc(CNC2=NCCCCS2)cc1. The number of rotatable bonds is 2. The van der Waals surface area contributed by atoms with E-state index >= 15 is 0 Å². The Morgan fingerprint density at radius 3 is 2.93 bits per heavy atom. The fourth-order valence-electron chi connectivity index (χ4n) is 1.49. The molecule has 3 heteroatoms. The number of hydrogen-bond donors (Lipinski definition) is 1. The molecule has 1 aromatic rings. The molecule has 2 rings (SSSR count). The molecule has 15 heavy (non-hydrogen) atoms. The first-order chi connectivity index (χ1) is 7.45. The van der Waals surface area contributed by atoms with E-state index in [9.17, 15) is 0 Å². The predicted octanol–water partition coefficient (Wildman–Crippen LogP) is 2.66. The first kappa shape index (κ1) is 10.6. The minimum Gasteiger partial charge on any atom is -0.361 e. The number of nitrogens with one attached hydrogen (secondary N) is 1. The van der Waals surface area contributed by atoms with Crippen molar-refractivity contribution in [2.24, 2.45) is 4.99 Å². The van der Waals surface area contributed by atoms with E-state index < -0.39 is 0 Å². The summed E-state index contributed by atoms with van der Waals surface area (Å²) in [5, 5.41) is 4.50. The molecule has 2 nitrogen and oxygen atoms in total. The van der Waals surface area contributed by atoms with Gasteiger partial charge in [-0.15, -0.1) is 0 Å². The summed E-state index contributed by atoms with van der Waals surface area (Å²) in [6.45, 7) is 1.86. The highest BCUT2D eigenvalue weighted by molar-refractivity contribution is 8.13. The van der Waals surface area contributed by atoms with Gasteiger partial charge in [0.1, 0.15) is 0 Å². The van der Waals surface area contributed by atoms with Crippen molar-refractivity contribution in [1.82, 2.24) is 5.32 Å². The van der Waals surface area contributed by atoms with Gasteiger partial charge in [-0.1, -0.05) is 42.1 Å². The monoisotopic (exact) mass is 220 g/mol. The van der Waals surface area contributed by atoms with Gasteiger partial charge in [-0.3, -0.25) is 4.99 Å². The molecule has 0 fully saturated rings. The molecule has 1 aliphatic rings. The van der Waals surface area contributed by atoms with Gasteiger partial charge in [0, 0.05) is 18.8 Å². The Morgan fingerprint density at radius 2 is 2.07 bits per heavy atom. The summed E-state index contributed by atoms with van der Waals surface area (Å²) in [6.07, 6.45) is 2.51. The van der Waals surface area contributed by atoms with Crippen molar-refractivity contribution in [3.8, 4) is 0 Å². The number of amidine groups is 1. The molecular formula is C12H16N2S. The summed E-state index contributed by atoms with van der Waals surface area (Å²) < 4.78 is 0. The molecule has 1 N–H and O–H groups in total. The van der Waals surface area contributed by atoms with Gasteiger partial charge < -0.3 is 5.32 Å². The van der Waals surface area contributed by atoms with Crippen LogP contribution in [0.15, 0.2) is 35.3 Å². The van der Waals surface area contributed by atoms with Gasteiger partial charge in [-0.25, -0.2) is 0 Å². The summed E-state index contributed by atoms with van der Waals surface area (Å²) >= 11 is 1.84. The van der Waals surface area contributed by atoms with E-state index in [1.807, 2.05) is 17.8 Å². The first-order valence-electron chi connectivity index (χ1n) is 5.40. The second-order valence-electron chi connectivity index (χ2n) is 3.58. The van der Waals surface area contributed by atoms with Crippen molar-refractivity contribution >= 4 is 16.9 Å². The topological polar surface area (TPSA) is 24.4 Å². The Hall–Kier alpha value is -0.960. The number of aliphatic imine (C=N–C) groups is 1. The zero-order chi connectivity index (χ0) is 10.3. The molecule has 0 bridgehead atoms. The Labute approximate surface area is 95.2 Å². The average molecular weight is 220 g/mol. The van der Waals surface area contributed by atoms with Gasteiger partial charge in [0.15, 0.2) is 5.17 Å². The zero-order valence-corrected chi connectivity index (χ0v) is 9.59. The van der Waals surface area contributed by atoms with Gasteiger partial charge in [0.05, 0.1) is 0 Å². The lowest BCUT2D eigenvalue weighted by Crippen LogP contribution is -2.19. The Bertz CT molecular complexity index is 322. The third-order valence-electron chi connectivity index (χ3n) is 2.33. The van der Waals surface area contributed by atoms with Crippen LogP contribution in [0.4, 0.5) is 0 Å². The summed E-state index contributed by atoms with van der Waals surface area (Å²) in [5.41, 5.74) is 1.31. The summed E-state index contributed by atoms with van der Waals surface area (Å²) in [4.78, 5) is 4.51. The molecule has 0 saturated heterocycles. The van der Waals surface area contributed by atoms with E-state index in [1.54, 1.807) is 0 Å². The van der Waals surface area contributed by atoms with Crippen LogP contribution in [0.5, 0.6) is 0 Å². The summed E-state index contributed by atoms with van der Waals surface area (Å²) in [7, 11) is 0. The van der Waals surface area contributed by atoms with Crippen molar-refractivity contribution in [2.45, 2.75) is 19.4 Å². The lowest BCUT2D eigenvalue weighted by atomic mass is 10.2. The molecule has 0 amide bonds. The number of thioether (sulfide) groups is 1. The largest absolute Gasteiger partial charge is 0.361 e. The molecular weight excluding hydrogens is 204 g/mol. The molecule has 1 aromatic carbocycles. The number of nitrogens with zero attached hydrogens (tertiary/aromatic N) is 1. The second-order valence-corrected chi connectivity index (χ2v) is 4.67. The Kier molecular flexibility index (Phi) is 4.09. The van der Waals surface area contributed by atoms with Gasteiger partial charge in [-0.2, -0.15) is 0 Å². The molecule has 0 radical (unpaired) electrons. The van der Waals surface area contributed by atoms with E-state index in [0.717, 1.165) is 18.3 Å². The maximum Gasteiger partial charge on any atom is 0.156 e. The van der Waals surface area contributed by atoms with Crippen LogP contribution in [0.1, 0.15) is 18.4 Å². The highest BCUT2D eigenvalue weighted by atomic mass is 32.2. The van der Waals surface area contributed by atoms with Gasteiger partial charge in [-0.05, 0) is 18.4 Å². The maximum absolute atomic E-state index is 4.51.